The van der Waals surface area contributed by atoms with Gasteiger partial charge < -0.3 is 15.0 Å². The SMILES string of the molecule is COc1cc(NC2CCN(C(=O)C(C)C)CC2)c([N+](=O)[O-])cc1F. The van der Waals surface area contributed by atoms with Gasteiger partial charge >= 0.3 is 0 Å². The van der Waals surface area contributed by atoms with Gasteiger partial charge in [-0.2, -0.15) is 0 Å². The molecular weight excluding hydrogens is 317 g/mol. The summed E-state index contributed by atoms with van der Waals surface area (Å²) in [6, 6.07) is 2.15. The molecule has 0 saturated carbocycles. The summed E-state index contributed by atoms with van der Waals surface area (Å²) in [5.41, 5.74) is -0.0964. The number of nitrogens with one attached hydrogen (secondary N) is 1. The molecule has 1 aromatic carbocycles. The van der Waals surface area contributed by atoms with Crippen molar-refractivity contribution in [1.29, 1.82) is 0 Å². The van der Waals surface area contributed by atoms with E-state index in [9.17, 15) is 19.3 Å². The molecule has 132 valence electrons. The number of amides is 1. The van der Waals surface area contributed by atoms with Crippen LogP contribution in [-0.4, -0.2) is 42.0 Å². The molecule has 0 aromatic heterocycles. The number of likely N-dealkylation sites (tertiary alicyclic amines) is 1. The molecule has 0 aliphatic carbocycles. The summed E-state index contributed by atoms with van der Waals surface area (Å²) >= 11 is 0. The third-order valence-electron chi connectivity index (χ3n) is 4.13. The molecule has 24 heavy (non-hydrogen) atoms. The molecule has 0 atom stereocenters. The minimum absolute atomic E-state index is 0.0184. The molecule has 1 saturated heterocycles. The molecule has 1 N–H and O–H groups in total. The van der Waals surface area contributed by atoms with Crippen LogP contribution in [0.1, 0.15) is 26.7 Å². The van der Waals surface area contributed by atoms with Gasteiger partial charge in [0.15, 0.2) is 11.6 Å². The number of carbonyl (C=O) groups excluding carboxylic acids is 1. The lowest BCUT2D eigenvalue weighted by Crippen LogP contribution is -2.44. The first-order valence-corrected chi connectivity index (χ1v) is 7.90. The summed E-state index contributed by atoms with van der Waals surface area (Å²) in [7, 11) is 1.31. The molecule has 1 heterocycles. The minimum atomic E-state index is -0.771. The average molecular weight is 339 g/mol. The van der Waals surface area contributed by atoms with Crippen LogP contribution in [0.5, 0.6) is 5.75 Å². The van der Waals surface area contributed by atoms with Crippen LogP contribution in [0.25, 0.3) is 0 Å². The van der Waals surface area contributed by atoms with Crippen molar-refractivity contribution in [2.75, 3.05) is 25.5 Å². The Labute approximate surface area is 139 Å². The van der Waals surface area contributed by atoms with Gasteiger partial charge in [-0.25, -0.2) is 4.39 Å². The number of piperidine rings is 1. The van der Waals surface area contributed by atoms with Gasteiger partial charge in [-0.15, -0.1) is 0 Å². The Morgan fingerprint density at radius 1 is 1.42 bits per heavy atom. The molecule has 0 unspecified atom stereocenters. The zero-order valence-electron chi connectivity index (χ0n) is 14.0. The molecule has 1 amide bonds. The molecule has 8 heteroatoms. The summed E-state index contributed by atoms with van der Waals surface area (Å²) in [4.78, 5) is 24.3. The van der Waals surface area contributed by atoms with Crippen molar-refractivity contribution in [3.8, 4) is 5.75 Å². The number of anilines is 1. The number of rotatable bonds is 5. The van der Waals surface area contributed by atoms with Crippen LogP contribution >= 0.6 is 0 Å². The van der Waals surface area contributed by atoms with Crippen molar-refractivity contribution < 1.29 is 18.8 Å². The smallest absolute Gasteiger partial charge is 0.295 e. The first kappa shape index (κ1) is 18.0. The van der Waals surface area contributed by atoms with Crippen molar-refractivity contribution >= 4 is 17.3 Å². The van der Waals surface area contributed by atoms with E-state index in [1.54, 1.807) is 0 Å². The highest BCUT2D eigenvalue weighted by Crippen LogP contribution is 2.33. The second-order valence-corrected chi connectivity index (χ2v) is 6.16. The minimum Gasteiger partial charge on any atom is -0.494 e. The predicted molar refractivity (Wildman–Crippen MR) is 87.7 cm³/mol. The molecule has 0 bridgehead atoms. The monoisotopic (exact) mass is 339 g/mol. The van der Waals surface area contributed by atoms with Gasteiger partial charge in [0.05, 0.1) is 18.1 Å². The number of methoxy groups -OCH3 is 1. The number of nitrogens with zero attached hydrogens (tertiary/aromatic N) is 2. The Morgan fingerprint density at radius 2 is 2.04 bits per heavy atom. The van der Waals surface area contributed by atoms with Crippen LogP contribution < -0.4 is 10.1 Å². The Bertz CT molecular complexity index is 628. The molecule has 7 nitrogen and oxygen atoms in total. The molecule has 2 rings (SSSR count). The summed E-state index contributed by atoms with van der Waals surface area (Å²) in [6.07, 6.45) is 1.35. The summed E-state index contributed by atoms with van der Waals surface area (Å²) in [5, 5.41) is 14.2. The highest BCUT2D eigenvalue weighted by atomic mass is 19.1. The Kier molecular flexibility index (Phi) is 5.58. The van der Waals surface area contributed by atoms with Crippen LogP contribution in [0.4, 0.5) is 15.8 Å². The lowest BCUT2D eigenvalue weighted by Gasteiger charge is -2.33. The number of benzene rings is 1. The van der Waals surface area contributed by atoms with E-state index in [1.165, 1.54) is 13.2 Å². The zero-order chi connectivity index (χ0) is 17.9. The topological polar surface area (TPSA) is 84.7 Å². The first-order valence-electron chi connectivity index (χ1n) is 7.90. The van der Waals surface area contributed by atoms with Crippen LogP contribution in [0.3, 0.4) is 0 Å². The van der Waals surface area contributed by atoms with Crippen molar-refractivity contribution in [2.45, 2.75) is 32.7 Å². The standard InChI is InChI=1S/C16H22FN3O4/c1-10(2)16(21)19-6-4-11(5-7-19)18-13-9-15(24-3)12(17)8-14(13)20(22)23/h8-11,18H,4-7H2,1-3H3. The number of ether oxygens (including phenoxy) is 1. The van der Waals surface area contributed by atoms with Crippen LogP contribution in [0.2, 0.25) is 0 Å². The second kappa shape index (κ2) is 7.46. The van der Waals surface area contributed by atoms with Gasteiger partial charge in [0.25, 0.3) is 5.69 Å². The van der Waals surface area contributed by atoms with Gasteiger partial charge in [-0.1, -0.05) is 13.8 Å². The maximum Gasteiger partial charge on any atom is 0.295 e. The molecule has 1 aliphatic rings. The van der Waals surface area contributed by atoms with E-state index in [1.807, 2.05) is 18.7 Å². The van der Waals surface area contributed by atoms with Gasteiger partial charge in [0.2, 0.25) is 5.91 Å². The number of nitro groups is 1. The predicted octanol–water partition coefficient (Wildman–Crippen LogP) is 2.80. The number of nitro benzene ring substituents is 1. The Hall–Kier alpha value is -2.38. The first-order chi connectivity index (χ1) is 11.3. The summed E-state index contributed by atoms with van der Waals surface area (Å²) in [5.74, 6) is -0.748. The molecular formula is C16H22FN3O4. The lowest BCUT2D eigenvalue weighted by molar-refractivity contribution is -0.384. The van der Waals surface area contributed by atoms with Gasteiger partial charge in [0.1, 0.15) is 5.69 Å². The maximum atomic E-state index is 13.7. The van der Waals surface area contributed by atoms with Gasteiger partial charge in [-0.3, -0.25) is 14.9 Å². The van der Waals surface area contributed by atoms with Crippen LogP contribution in [0, 0.1) is 21.8 Å². The fourth-order valence-electron chi connectivity index (χ4n) is 2.80. The van der Waals surface area contributed by atoms with E-state index in [4.69, 9.17) is 4.74 Å². The zero-order valence-corrected chi connectivity index (χ0v) is 14.0. The highest BCUT2D eigenvalue weighted by molar-refractivity contribution is 5.78. The Morgan fingerprint density at radius 3 is 2.54 bits per heavy atom. The van der Waals surface area contributed by atoms with E-state index < -0.39 is 10.7 Å². The van der Waals surface area contributed by atoms with Crippen molar-refractivity contribution in [2.24, 2.45) is 5.92 Å². The van der Waals surface area contributed by atoms with Crippen LogP contribution in [-0.2, 0) is 4.79 Å². The number of carbonyl (C=O) groups is 1. The van der Waals surface area contributed by atoms with E-state index in [-0.39, 0.29) is 35.0 Å². The number of hydrogen-bond acceptors (Lipinski definition) is 5. The average Bonchev–Trinajstić information content (AvgIpc) is 2.55. The van der Waals surface area contributed by atoms with E-state index in [2.05, 4.69) is 5.32 Å². The van der Waals surface area contributed by atoms with Crippen molar-refractivity contribution in [3.05, 3.63) is 28.1 Å². The quantitative estimate of drug-likeness (QED) is 0.659. The fraction of sp³-hybridized carbons (Fsp3) is 0.562. The molecule has 1 aliphatic heterocycles. The van der Waals surface area contributed by atoms with Gasteiger partial charge in [-0.05, 0) is 12.8 Å². The fourth-order valence-corrected chi connectivity index (χ4v) is 2.80. The number of halogens is 1. The molecule has 1 aromatic rings. The van der Waals surface area contributed by atoms with Gasteiger partial charge in [0, 0.05) is 31.1 Å². The largest absolute Gasteiger partial charge is 0.494 e. The third-order valence-corrected chi connectivity index (χ3v) is 4.13. The van der Waals surface area contributed by atoms with E-state index in [0.29, 0.717) is 25.9 Å². The van der Waals surface area contributed by atoms with Crippen molar-refractivity contribution in [3.63, 3.8) is 0 Å². The normalized spacial score (nSPS) is 15.5. The maximum absolute atomic E-state index is 13.7. The summed E-state index contributed by atoms with van der Waals surface area (Å²) < 4.78 is 18.6. The lowest BCUT2D eigenvalue weighted by atomic mass is 10.0. The molecule has 0 spiro atoms. The van der Waals surface area contributed by atoms with Crippen LogP contribution in [0.15, 0.2) is 12.1 Å². The number of hydrogen-bond donors (Lipinski definition) is 1. The second-order valence-electron chi connectivity index (χ2n) is 6.16. The molecule has 0 radical (unpaired) electrons. The Balaban J connectivity index is 2.09. The van der Waals surface area contributed by atoms with Crippen molar-refractivity contribution in [1.82, 2.24) is 4.90 Å². The van der Waals surface area contributed by atoms with E-state index >= 15 is 0 Å². The third kappa shape index (κ3) is 3.93. The highest BCUT2D eigenvalue weighted by Gasteiger charge is 2.26. The van der Waals surface area contributed by atoms with E-state index in [0.717, 1.165) is 6.07 Å². The molecule has 1 fully saturated rings. The summed E-state index contributed by atoms with van der Waals surface area (Å²) in [6.45, 7) is 4.92.